The molecule has 3 aromatic rings. The van der Waals surface area contributed by atoms with Crippen LogP contribution in [-0.4, -0.2) is 37.8 Å². The van der Waals surface area contributed by atoms with Crippen molar-refractivity contribution >= 4 is 28.3 Å². The van der Waals surface area contributed by atoms with Crippen molar-refractivity contribution in [3.8, 4) is 5.75 Å². The standard InChI is InChI=1S/C24H23NO5/c26-23(25-22-9-3-6-17-5-1-2-8-21(17)22)16-30-24(27)18-10-12-19(13-11-18)29-15-20-7-4-14-28-20/h1-3,5-6,8-13,20H,4,7,14-16H2,(H,25,26)/t20-/m1/s1. The first kappa shape index (κ1) is 19.9. The van der Waals surface area contributed by atoms with Gasteiger partial charge in [0.2, 0.25) is 0 Å². The molecule has 1 atom stereocenters. The number of hydrogen-bond donors (Lipinski definition) is 1. The van der Waals surface area contributed by atoms with Gasteiger partial charge in [0.05, 0.1) is 11.7 Å². The summed E-state index contributed by atoms with van der Waals surface area (Å²) in [6.07, 6.45) is 2.20. The summed E-state index contributed by atoms with van der Waals surface area (Å²) in [6.45, 7) is 0.921. The lowest BCUT2D eigenvalue weighted by Gasteiger charge is -2.12. The Morgan fingerprint density at radius 2 is 1.80 bits per heavy atom. The van der Waals surface area contributed by atoms with E-state index in [-0.39, 0.29) is 12.7 Å². The van der Waals surface area contributed by atoms with Gasteiger partial charge in [0.1, 0.15) is 12.4 Å². The Hall–Kier alpha value is -3.38. The molecule has 1 heterocycles. The summed E-state index contributed by atoms with van der Waals surface area (Å²) >= 11 is 0. The van der Waals surface area contributed by atoms with E-state index in [2.05, 4.69) is 5.32 Å². The highest BCUT2D eigenvalue weighted by Gasteiger charge is 2.16. The number of fused-ring (bicyclic) bond motifs is 1. The van der Waals surface area contributed by atoms with Crippen LogP contribution in [0.15, 0.2) is 66.7 Å². The van der Waals surface area contributed by atoms with Gasteiger partial charge in [-0.15, -0.1) is 0 Å². The quantitative estimate of drug-likeness (QED) is 0.597. The Morgan fingerprint density at radius 1 is 1.00 bits per heavy atom. The van der Waals surface area contributed by atoms with Crippen LogP contribution in [0.3, 0.4) is 0 Å². The number of carbonyl (C=O) groups excluding carboxylic acids is 2. The van der Waals surface area contributed by atoms with Gasteiger partial charge in [-0.05, 0) is 48.6 Å². The number of hydrogen-bond acceptors (Lipinski definition) is 5. The van der Waals surface area contributed by atoms with Crippen LogP contribution in [0.5, 0.6) is 5.75 Å². The number of nitrogens with one attached hydrogen (secondary N) is 1. The van der Waals surface area contributed by atoms with Crippen molar-refractivity contribution in [3.05, 3.63) is 72.3 Å². The lowest BCUT2D eigenvalue weighted by atomic mass is 10.1. The maximum atomic E-state index is 12.2. The van der Waals surface area contributed by atoms with Gasteiger partial charge in [0.25, 0.3) is 5.91 Å². The molecule has 1 N–H and O–H groups in total. The third-order valence-corrected chi connectivity index (χ3v) is 4.95. The average molecular weight is 405 g/mol. The highest BCUT2D eigenvalue weighted by molar-refractivity contribution is 6.03. The first-order valence-corrected chi connectivity index (χ1v) is 9.98. The third-order valence-electron chi connectivity index (χ3n) is 4.95. The van der Waals surface area contributed by atoms with E-state index in [1.54, 1.807) is 24.3 Å². The van der Waals surface area contributed by atoms with E-state index in [0.29, 0.717) is 23.6 Å². The third kappa shape index (κ3) is 4.96. The summed E-state index contributed by atoms with van der Waals surface area (Å²) in [7, 11) is 0. The van der Waals surface area contributed by atoms with Gasteiger partial charge in [0.15, 0.2) is 6.61 Å². The van der Waals surface area contributed by atoms with Crippen LogP contribution in [0.2, 0.25) is 0 Å². The van der Waals surface area contributed by atoms with E-state index in [0.717, 1.165) is 30.2 Å². The number of amides is 1. The Morgan fingerprint density at radius 3 is 2.60 bits per heavy atom. The number of ether oxygens (including phenoxy) is 3. The number of benzene rings is 3. The van der Waals surface area contributed by atoms with Gasteiger partial charge < -0.3 is 19.5 Å². The minimum absolute atomic E-state index is 0.134. The lowest BCUT2D eigenvalue weighted by molar-refractivity contribution is -0.119. The van der Waals surface area contributed by atoms with Gasteiger partial charge >= 0.3 is 5.97 Å². The average Bonchev–Trinajstić information content (AvgIpc) is 3.30. The van der Waals surface area contributed by atoms with Crippen molar-refractivity contribution in [2.75, 3.05) is 25.1 Å². The van der Waals surface area contributed by atoms with Gasteiger partial charge in [0, 0.05) is 17.7 Å². The number of anilines is 1. The maximum Gasteiger partial charge on any atom is 0.338 e. The van der Waals surface area contributed by atoms with Crippen molar-refractivity contribution in [1.29, 1.82) is 0 Å². The Balaban J connectivity index is 1.28. The van der Waals surface area contributed by atoms with Crippen LogP contribution < -0.4 is 10.1 Å². The zero-order valence-electron chi connectivity index (χ0n) is 16.5. The molecule has 0 spiro atoms. The molecule has 0 saturated carbocycles. The number of carbonyl (C=O) groups is 2. The summed E-state index contributed by atoms with van der Waals surface area (Å²) in [5.41, 5.74) is 1.04. The second-order valence-corrected chi connectivity index (χ2v) is 7.12. The summed E-state index contributed by atoms with van der Waals surface area (Å²) in [5.74, 6) is -0.291. The summed E-state index contributed by atoms with van der Waals surface area (Å²) < 4.78 is 16.3. The zero-order chi connectivity index (χ0) is 20.8. The molecule has 6 heteroatoms. The van der Waals surface area contributed by atoms with Crippen LogP contribution in [0.1, 0.15) is 23.2 Å². The van der Waals surface area contributed by atoms with Crippen molar-refractivity contribution in [2.24, 2.45) is 0 Å². The predicted molar refractivity (Wildman–Crippen MR) is 114 cm³/mol. The van der Waals surface area contributed by atoms with Gasteiger partial charge in [-0.25, -0.2) is 4.79 Å². The minimum Gasteiger partial charge on any atom is -0.491 e. The fourth-order valence-corrected chi connectivity index (χ4v) is 3.39. The minimum atomic E-state index is -0.561. The molecule has 0 radical (unpaired) electrons. The van der Waals surface area contributed by atoms with E-state index in [1.807, 2.05) is 42.5 Å². The first-order chi connectivity index (χ1) is 14.7. The van der Waals surface area contributed by atoms with Crippen molar-refractivity contribution in [1.82, 2.24) is 0 Å². The monoisotopic (exact) mass is 405 g/mol. The van der Waals surface area contributed by atoms with Crippen LogP contribution in [-0.2, 0) is 14.3 Å². The molecule has 4 rings (SSSR count). The highest BCUT2D eigenvalue weighted by Crippen LogP contribution is 2.23. The van der Waals surface area contributed by atoms with Crippen LogP contribution in [0, 0.1) is 0 Å². The zero-order valence-corrected chi connectivity index (χ0v) is 16.5. The van der Waals surface area contributed by atoms with Gasteiger partial charge in [-0.2, -0.15) is 0 Å². The van der Waals surface area contributed by atoms with Crippen LogP contribution >= 0.6 is 0 Å². The SMILES string of the molecule is O=C(COC(=O)c1ccc(OC[C@H]2CCCO2)cc1)Nc1cccc2ccccc12. The summed E-state index contributed by atoms with van der Waals surface area (Å²) in [5, 5.41) is 4.75. The lowest BCUT2D eigenvalue weighted by Crippen LogP contribution is -2.21. The molecule has 1 saturated heterocycles. The number of esters is 1. The second kappa shape index (κ2) is 9.41. The van der Waals surface area contributed by atoms with E-state index in [1.165, 1.54) is 0 Å². The van der Waals surface area contributed by atoms with E-state index >= 15 is 0 Å². The normalized spacial score (nSPS) is 15.7. The smallest absolute Gasteiger partial charge is 0.338 e. The molecule has 0 unspecified atom stereocenters. The van der Waals surface area contributed by atoms with E-state index in [4.69, 9.17) is 14.2 Å². The number of rotatable bonds is 7. The molecular weight excluding hydrogens is 382 g/mol. The Labute approximate surface area is 174 Å². The van der Waals surface area contributed by atoms with E-state index in [9.17, 15) is 9.59 Å². The van der Waals surface area contributed by atoms with Crippen LogP contribution in [0.4, 0.5) is 5.69 Å². The summed E-state index contributed by atoms with van der Waals surface area (Å²) in [4.78, 5) is 24.5. The highest BCUT2D eigenvalue weighted by atomic mass is 16.5. The van der Waals surface area contributed by atoms with Crippen molar-refractivity contribution in [2.45, 2.75) is 18.9 Å². The molecular formula is C24H23NO5. The topological polar surface area (TPSA) is 73.9 Å². The molecule has 1 aliphatic heterocycles. The van der Waals surface area contributed by atoms with E-state index < -0.39 is 11.9 Å². The van der Waals surface area contributed by atoms with Crippen molar-refractivity contribution < 1.29 is 23.8 Å². The molecule has 6 nitrogen and oxygen atoms in total. The Bertz CT molecular complexity index is 1020. The molecule has 1 amide bonds. The maximum absolute atomic E-state index is 12.2. The molecule has 1 fully saturated rings. The fourth-order valence-electron chi connectivity index (χ4n) is 3.39. The molecule has 1 aliphatic rings. The molecule has 0 bridgehead atoms. The molecule has 30 heavy (non-hydrogen) atoms. The second-order valence-electron chi connectivity index (χ2n) is 7.12. The van der Waals surface area contributed by atoms with Crippen LogP contribution in [0.25, 0.3) is 10.8 Å². The Kier molecular flexibility index (Phi) is 6.25. The fraction of sp³-hybridized carbons (Fsp3) is 0.250. The largest absolute Gasteiger partial charge is 0.491 e. The van der Waals surface area contributed by atoms with Crippen molar-refractivity contribution in [3.63, 3.8) is 0 Å². The molecule has 3 aromatic carbocycles. The molecule has 0 aliphatic carbocycles. The first-order valence-electron chi connectivity index (χ1n) is 9.98. The molecule has 0 aromatic heterocycles. The predicted octanol–water partition coefficient (Wildman–Crippen LogP) is 4.19. The molecule has 154 valence electrons. The van der Waals surface area contributed by atoms with Gasteiger partial charge in [-0.1, -0.05) is 36.4 Å². The summed E-state index contributed by atoms with van der Waals surface area (Å²) in [6, 6.07) is 20.1. The van der Waals surface area contributed by atoms with Gasteiger partial charge in [-0.3, -0.25) is 4.79 Å².